The summed E-state index contributed by atoms with van der Waals surface area (Å²) < 4.78 is 15.3. The molecule has 1 N–H and O–H groups in total. The molecule has 0 spiro atoms. The standard InChI is InChI=1S/C42H32FNO6/c1-23(45)24-12-15-28(16-13-24)44-40(49)30-18-17-29-32(37(30)41(44)50)21-33-39(48)31(25-8-4-2-5-9-25)22-36(47)42(33,27-10-6-3-7-11-27)38(29)26-14-19-35(46)34(43)20-26/h2-17,19-20,22,30,32-33,37-38,46H,18,21H2,1H3. The normalized spacial score (nSPS) is 27.2. The van der Waals surface area contributed by atoms with Crippen LogP contribution in [-0.4, -0.2) is 34.3 Å². The maximum Gasteiger partial charge on any atom is 0.238 e. The number of carbonyl (C=O) groups excluding carboxylic acids is 5. The largest absolute Gasteiger partial charge is 0.505 e. The molecular weight excluding hydrogens is 633 g/mol. The molecule has 1 saturated heterocycles. The van der Waals surface area contributed by atoms with Crippen molar-refractivity contribution in [2.75, 3.05) is 4.90 Å². The van der Waals surface area contributed by atoms with E-state index in [4.69, 9.17) is 0 Å². The van der Waals surface area contributed by atoms with Gasteiger partial charge in [-0.05, 0) is 84.8 Å². The Bertz CT molecular complexity index is 2170. The minimum atomic E-state index is -1.50. The number of allylic oxidation sites excluding steroid dienone is 4. The van der Waals surface area contributed by atoms with E-state index in [-0.39, 0.29) is 41.7 Å². The van der Waals surface area contributed by atoms with Crippen LogP contribution in [0.4, 0.5) is 10.1 Å². The number of aromatic hydroxyl groups is 1. The average Bonchev–Trinajstić information content (AvgIpc) is 3.39. The van der Waals surface area contributed by atoms with Gasteiger partial charge in [-0.2, -0.15) is 0 Å². The van der Waals surface area contributed by atoms with E-state index in [1.54, 1.807) is 66.7 Å². The lowest BCUT2D eigenvalue weighted by Crippen LogP contribution is -2.58. The van der Waals surface area contributed by atoms with E-state index in [9.17, 15) is 29.1 Å². The van der Waals surface area contributed by atoms with Crippen molar-refractivity contribution in [3.05, 3.63) is 149 Å². The molecule has 6 atom stereocenters. The molecular formula is C42H32FNO6. The number of halogens is 1. The van der Waals surface area contributed by atoms with Gasteiger partial charge in [0, 0.05) is 23.0 Å². The fourth-order valence-electron chi connectivity index (χ4n) is 9.05. The van der Waals surface area contributed by atoms with Crippen LogP contribution in [0, 0.1) is 29.5 Å². The molecule has 50 heavy (non-hydrogen) atoms. The van der Waals surface area contributed by atoms with E-state index in [2.05, 4.69) is 0 Å². The number of fused-ring (bicyclic) bond motifs is 4. The smallest absolute Gasteiger partial charge is 0.238 e. The van der Waals surface area contributed by atoms with Crippen molar-refractivity contribution in [3.8, 4) is 5.75 Å². The summed E-state index contributed by atoms with van der Waals surface area (Å²) in [6.45, 7) is 1.44. The van der Waals surface area contributed by atoms with Crippen molar-refractivity contribution in [1.82, 2.24) is 0 Å². The molecule has 2 amide bonds. The number of Topliss-reactive ketones (excluding diaryl/α,β-unsaturated/α-hetero) is 2. The summed E-state index contributed by atoms with van der Waals surface area (Å²) in [6, 6.07) is 28.4. The van der Waals surface area contributed by atoms with Gasteiger partial charge in [-0.15, -0.1) is 0 Å². The molecule has 1 saturated carbocycles. The minimum Gasteiger partial charge on any atom is -0.505 e. The number of rotatable bonds is 5. The highest BCUT2D eigenvalue weighted by atomic mass is 19.1. The second-order valence-corrected chi connectivity index (χ2v) is 13.6. The number of ketones is 3. The molecule has 2 fully saturated rings. The first kappa shape index (κ1) is 31.5. The number of amides is 2. The highest BCUT2D eigenvalue weighted by Gasteiger charge is 2.66. The Hall–Kier alpha value is -5.76. The van der Waals surface area contributed by atoms with Gasteiger partial charge in [-0.1, -0.05) is 78.4 Å². The van der Waals surface area contributed by atoms with Crippen LogP contribution >= 0.6 is 0 Å². The van der Waals surface area contributed by atoms with Crippen LogP contribution in [0.1, 0.15) is 52.7 Å². The SMILES string of the molecule is CC(=O)c1ccc(N2C(=O)C3CC=C4C(CC5C(=O)C(c6ccccc6)=CC(=O)C5(c5ccccc5)C4c4ccc(O)c(F)c4)C3C2=O)cc1. The molecule has 1 aliphatic heterocycles. The first-order valence-electron chi connectivity index (χ1n) is 16.7. The Morgan fingerprint density at radius 2 is 1.52 bits per heavy atom. The van der Waals surface area contributed by atoms with Crippen molar-refractivity contribution in [1.29, 1.82) is 0 Å². The number of imide groups is 1. The van der Waals surface area contributed by atoms with E-state index in [0.717, 1.165) is 0 Å². The highest BCUT2D eigenvalue weighted by Crippen LogP contribution is 2.63. The van der Waals surface area contributed by atoms with Gasteiger partial charge < -0.3 is 5.11 Å². The molecule has 8 rings (SSSR count). The van der Waals surface area contributed by atoms with Gasteiger partial charge in [0.15, 0.2) is 28.9 Å². The van der Waals surface area contributed by atoms with Crippen LogP contribution in [0.2, 0.25) is 0 Å². The third kappa shape index (κ3) is 4.51. The second-order valence-electron chi connectivity index (χ2n) is 13.6. The predicted octanol–water partition coefficient (Wildman–Crippen LogP) is 6.76. The summed E-state index contributed by atoms with van der Waals surface area (Å²) in [5, 5.41) is 10.2. The third-order valence-electron chi connectivity index (χ3n) is 11.2. The maximum absolute atomic E-state index is 15.3. The number of carbonyl (C=O) groups is 5. The summed E-state index contributed by atoms with van der Waals surface area (Å²) in [7, 11) is 0. The maximum atomic E-state index is 15.3. The Kier molecular flexibility index (Phi) is 7.37. The lowest BCUT2D eigenvalue weighted by Gasteiger charge is -2.55. The molecule has 0 aromatic heterocycles. The Morgan fingerprint density at radius 1 is 0.840 bits per heavy atom. The summed E-state index contributed by atoms with van der Waals surface area (Å²) in [4.78, 5) is 71.5. The molecule has 4 aromatic carbocycles. The summed E-state index contributed by atoms with van der Waals surface area (Å²) in [5.74, 6) is -6.94. The molecule has 4 aromatic rings. The number of phenols is 1. The van der Waals surface area contributed by atoms with E-state index in [0.29, 0.717) is 33.5 Å². The number of anilines is 1. The van der Waals surface area contributed by atoms with Gasteiger partial charge in [0.25, 0.3) is 0 Å². The van der Waals surface area contributed by atoms with Gasteiger partial charge in [0.2, 0.25) is 11.8 Å². The van der Waals surface area contributed by atoms with Gasteiger partial charge >= 0.3 is 0 Å². The Labute approximate surface area is 287 Å². The fourth-order valence-corrected chi connectivity index (χ4v) is 9.05. The van der Waals surface area contributed by atoms with Gasteiger partial charge in [0.05, 0.1) is 22.9 Å². The lowest BCUT2D eigenvalue weighted by atomic mass is 9.44. The molecule has 4 aliphatic rings. The van der Waals surface area contributed by atoms with Gasteiger partial charge in [0.1, 0.15) is 0 Å². The third-order valence-corrected chi connectivity index (χ3v) is 11.2. The van der Waals surface area contributed by atoms with Crippen LogP contribution in [0.5, 0.6) is 5.75 Å². The molecule has 1 heterocycles. The highest BCUT2D eigenvalue weighted by molar-refractivity contribution is 6.32. The summed E-state index contributed by atoms with van der Waals surface area (Å²) >= 11 is 0. The molecule has 248 valence electrons. The summed E-state index contributed by atoms with van der Waals surface area (Å²) in [5.41, 5.74) is 1.84. The van der Waals surface area contributed by atoms with Crippen LogP contribution in [0.3, 0.4) is 0 Å². The van der Waals surface area contributed by atoms with E-state index < -0.39 is 52.5 Å². The number of benzene rings is 4. The lowest BCUT2D eigenvalue weighted by molar-refractivity contribution is -0.135. The zero-order chi connectivity index (χ0) is 34.9. The Morgan fingerprint density at radius 3 is 2.18 bits per heavy atom. The number of phenolic OH excluding ortho intramolecular Hbond substituents is 1. The van der Waals surface area contributed by atoms with Crippen molar-refractivity contribution >= 4 is 40.4 Å². The van der Waals surface area contributed by atoms with Crippen molar-refractivity contribution in [2.24, 2.45) is 23.7 Å². The topological polar surface area (TPSA) is 109 Å². The first-order chi connectivity index (χ1) is 24.1. The van der Waals surface area contributed by atoms with Crippen molar-refractivity contribution in [3.63, 3.8) is 0 Å². The van der Waals surface area contributed by atoms with E-state index in [1.165, 1.54) is 30.0 Å². The molecule has 6 unspecified atom stereocenters. The molecule has 8 heteroatoms. The molecule has 7 nitrogen and oxygen atoms in total. The fraction of sp³-hybridized carbons (Fsp3) is 0.214. The minimum absolute atomic E-state index is 0.115. The van der Waals surface area contributed by atoms with Crippen LogP contribution in [0.15, 0.2) is 121 Å². The quantitative estimate of drug-likeness (QED) is 0.143. The van der Waals surface area contributed by atoms with Crippen LogP contribution in [-0.2, 0) is 24.6 Å². The van der Waals surface area contributed by atoms with Crippen molar-refractivity contribution in [2.45, 2.75) is 31.1 Å². The van der Waals surface area contributed by atoms with Crippen molar-refractivity contribution < 1.29 is 33.5 Å². The summed E-state index contributed by atoms with van der Waals surface area (Å²) in [6.07, 6.45) is 3.64. The number of hydrogen-bond acceptors (Lipinski definition) is 6. The zero-order valence-corrected chi connectivity index (χ0v) is 27.1. The molecule has 0 radical (unpaired) electrons. The Balaban J connectivity index is 1.33. The molecule has 3 aliphatic carbocycles. The monoisotopic (exact) mass is 665 g/mol. The molecule has 0 bridgehead atoms. The van der Waals surface area contributed by atoms with Crippen LogP contribution < -0.4 is 4.90 Å². The van der Waals surface area contributed by atoms with E-state index in [1.807, 2.05) is 30.3 Å². The number of hydrogen-bond donors (Lipinski definition) is 1. The van der Waals surface area contributed by atoms with Gasteiger partial charge in [-0.3, -0.25) is 28.9 Å². The van der Waals surface area contributed by atoms with E-state index >= 15 is 4.39 Å². The van der Waals surface area contributed by atoms with Crippen LogP contribution in [0.25, 0.3) is 5.57 Å². The predicted molar refractivity (Wildman–Crippen MR) is 184 cm³/mol. The zero-order valence-electron chi connectivity index (χ0n) is 27.1. The second kappa shape index (κ2) is 11.7. The first-order valence-corrected chi connectivity index (χ1v) is 16.7. The average molecular weight is 666 g/mol. The number of nitrogens with zero attached hydrogens (tertiary/aromatic N) is 1. The van der Waals surface area contributed by atoms with Gasteiger partial charge in [-0.25, -0.2) is 4.39 Å².